The van der Waals surface area contributed by atoms with Crippen molar-refractivity contribution in [2.75, 3.05) is 14.1 Å². The predicted molar refractivity (Wildman–Crippen MR) is 133 cm³/mol. The highest BCUT2D eigenvalue weighted by molar-refractivity contribution is 6.32. The quantitative estimate of drug-likeness (QED) is 0.398. The van der Waals surface area contributed by atoms with Crippen LogP contribution in [0.5, 0.6) is 5.75 Å². The molecular weight excluding hydrogens is 511 g/mol. The molecule has 0 aliphatic heterocycles. The monoisotopic (exact) mass is 538 g/mol. The Morgan fingerprint density at radius 2 is 1.64 bits per heavy atom. The van der Waals surface area contributed by atoms with E-state index in [1.807, 2.05) is 0 Å². The second-order valence-corrected chi connectivity index (χ2v) is 10.8. The molecule has 11 heteroatoms. The van der Waals surface area contributed by atoms with Gasteiger partial charge in [0.25, 0.3) is 0 Å². The van der Waals surface area contributed by atoms with Gasteiger partial charge in [-0.25, -0.2) is 4.39 Å². The van der Waals surface area contributed by atoms with Crippen molar-refractivity contribution in [3.63, 3.8) is 0 Å². The maximum absolute atomic E-state index is 14.0. The first kappa shape index (κ1) is 26.8. The SMILES string of the molecule is C[C@H]1c2c(-c3ccc(F)cc3)ccc(O)c2C(=O)C2C(=O)[C@@]3(O)C(=O)C(C(N)=O)C(=O)[C@H](N(C)C)[C@H]3[C@H](O)[C@H]21. The highest BCUT2D eigenvalue weighted by Crippen LogP contribution is 2.55. The predicted octanol–water partition coefficient (Wildman–Crippen LogP) is 0.205. The molecule has 1 amide bonds. The molecule has 39 heavy (non-hydrogen) atoms. The molecule has 204 valence electrons. The fourth-order valence-electron chi connectivity index (χ4n) is 6.95. The van der Waals surface area contributed by atoms with E-state index in [-0.39, 0.29) is 5.56 Å². The third-order valence-electron chi connectivity index (χ3n) is 8.62. The number of nitrogens with two attached hydrogens (primary N) is 1. The Balaban J connectivity index is 1.74. The van der Waals surface area contributed by atoms with Gasteiger partial charge < -0.3 is 21.1 Å². The highest BCUT2D eigenvalue weighted by atomic mass is 19.1. The summed E-state index contributed by atoms with van der Waals surface area (Å²) in [6, 6.07) is 6.75. The molecule has 0 saturated heterocycles. The smallest absolute Gasteiger partial charge is 0.235 e. The van der Waals surface area contributed by atoms with E-state index in [9.17, 15) is 43.7 Å². The van der Waals surface area contributed by atoms with E-state index in [0.29, 0.717) is 16.7 Å². The maximum atomic E-state index is 14.0. The summed E-state index contributed by atoms with van der Waals surface area (Å²) in [5.74, 6) is -14.5. The number of aromatic hydroxyl groups is 1. The Morgan fingerprint density at radius 1 is 1.03 bits per heavy atom. The minimum Gasteiger partial charge on any atom is -0.507 e. The number of primary amides is 1. The number of aliphatic hydroxyl groups is 2. The number of carbonyl (C=O) groups excluding carboxylic acids is 5. The summed E-state index contributed by atoms with van der Waals surface area (Å²) in [4.78, 5) is 67.9. The number of fused-ring (bicyclic) bond motifs is 3. The molecule has 2 unspecified atom stereocenters. The summed E-state index contributed by atoms with van der Waals surface area (Å²) >= 11 is 0. The van der Waals surface area contributed by atoms with Crippen molar-refractivity contribution in [3.8, 4) is 16.9 Å². The molecule has 3 aliphatic carbocycles. The number of ketones is 4. The van der Waals surface area contributed by atoms with Crippen LogP contribution in [0.3, 0.4) is 0 Å². The molecule has 0 bridgehead atoms. The number of hydrogen-bond acceptors (Lipinski definition) is 9. The zero-order chi connectivity index (χ0) is 28.7. The topological polar surface area (TPSA) is 175 Å². The van der Waals surface area contributed by atoms with Crippen LogP contribution in [0.25, 0.3) is 11.1 Å². The van der Waals surface area contributed by atoms with Crippen LogP contribution < -0.4 is 5.73 Å². The number of Topliss-reactive ketones (excluding diaryl/α,β-unsaturated/α-hetero) is 4. The lowest BCUT2D eigenvalue weighted by Gasteiger charge is -2.56. The van der Waals surface area contributed by atoms with Crippen molar-refractivity contribution in [1.82, 2.24) is 4.90 Å². The van der Waals surface area contributed by atoms with E-state index in [1.165, 1.54) is 55.4 Å². The third-order valence-corrected chi connectivity index (χ3v) is 8.62. The van der Waals surface area contributed by atoms with Crippen molar-refractivity contribution >= 4 is 29.0 Å². The van der Waals surface area contributed by atoms with E-state index >= 15 is 0 Å². The first-order valence-electron chi connectivity index (χ1n) is 12.4. The Bertz CT molecular complexity index is 1450. The van der Waals surface area contributed by atoms with Gasteiger partial charge in [-0.05, 0) is 54.9 Å². The van der Waals surface area contributed by atoms with Crippen molar-refractivity contribution in [1.29, 1.82) is 0 Å². The summed E-state index contributed by atoms with van der Waals surface area (Å²) in [6.45, 7) is 1.62. The fraction of sp³-hybridized carbons (Fsp3) is 0.393. The summed E-state index contributed by atoms with van der Waals surface area (Å²) in [5, 5.41) is 34.1. The standard InChI is InChI=1S/C28H27FN2O8/c1-10-15-13(11-4-6-12(29)7-5-11)8-9-14(32)17(15)22(33)18-16(10)23(34)20-21(31(2)3)24(35)19(27(30)38)26(37)28(20,39)25(18)36/h4-10,16,18-21,23,32,34,39H,1-3H3,(H2,30,38)/t10-,16-,18?,19?,20-,21+,23+,28+/m0/s1. The molecule has 2 saturated carbocycles. The number of amides is 1. The van der Waals surface area contributed by atoms with Crippen molar-refractivity contribution in [2.45, 2.75) is 30.6 Å². The summed E-state index contributed by atoms with van der Waals surface area (Å²) in [7, 11) is 2.85. The molecule has 3 aliphatic rings. The molecule has 8 atom stereocenters. The largest absolute Gasteiger partial charge is 0.507 e. The van der Waals surface area contributed by atoms with E-state index in [2.05, 4.69) is 0 Å². The van der Waals surface area contributed by atoms with Gasteiger partial charge in [0.2, 0.25) is 5.91 Å². The van der Waals surface area contributed by atoms with Gasteiger partial charge in [0.05, 0.1) is 29.5 Å². The summed E-state index contributed by atoms with van der Waals surface area (Å²) < 4.78 is 13.6. The van der Waals surface area contributed by atoms with Crippen LogP contribution in [-0.2, 0) is 19.2 Å². The first-order valence-corrected chi connectivity index (χ1v) is 12.4. The number of rotatable bonds is 3. The molecule has 2 aromatic carbocycles. The van der Waals surface area contributed by atoms with E-state index < -0.39 is 87.9 Å². The van der Waals surface area contributed by atoms with Crippen LogP contribution in [0, 0.1) is 29.5 Å². The van der Waals surface area contributed by atoms with Gasteiger partial charge in [-0.15, -0.1) is 0 Å². The molecule has 0 heterocycles. The number of aliphatic hydroxyl groups excluding tert-OH is 1. The van der Waals surface area contributed by atoms with Crippen LogP contribution >= 0.6 is 0 Å². The average molecular weight is 539 g/mol. The summed E-state index contributed by atoms with van der Waals surface area (Å²) in [5.41, 5.74) is 3.30. The van der Waals surface area contributed by atoms with Gasteiger partial charge in [-0.2, -0.15) is 0 Å². The normalized spacial score (nSPS) is 34.0. The van der Waals surface area contributed by atoms with Crippen molar-refractivity contribution < 1.29 is 43.7 Å². The zero-order valence-electron chi connectivity index (χ0n) is 21.3. The Labute approximate surface area is 222 Å². The number of phenolic OH excluding ortho intramolecular Hbond substituents is 1. The molecule has 5 rings (SSSR count). The molecule has 10 nitrogen and oxygen atoms in total. The number of phenols is 1. The van der Waals surface area contributed by atoms with E-state index in [4.69, 9.17) is 5.73 Å². The highest BCUT2D eigenvalue weighted by Gasteiger charge is 2.73. The minimum atomic E-state index is -3.06. The van der Waals surface area contributed by atoms with Crippen LogP contribution in [0.4, 0.5) is 4.39 Å². The molecule has 5 N–H and O–H groups in total. The lowest BCUT2D eigenvalue weighted by atomic mass is 9.49. The Hall–Kier alpha value is -3.80. The number of nitrogens with zero attached hydrogens (tertiary/aromatic N) is 1. The maximum Gasteiger partial charge on any atom is 0.235 e. The average Bonchev–Trinajstić information content (AvgIpc) is 2.86. The first-order chi connectivity index (χ1) is 18.2. The van der Waals surface area contributed by atoms with Crippen LogP contribution in [0.15, 0.2) is 36.4 Å². The van der Waals surface area contributed by atoms with Crippen molar-refractivity contribution in [3.05, 3.63) is 53.3 Å². The number of benzene rings is 2. The second-order valence-electron chi connectivity index (χ2n) is 10.8. The van der Waals surface area contributed by atoms with Gasteiger partial charge in [0.15, 0.2) is 34.7 Å². The molecule has 0 radical (unpaired) electrons. The van der Waals surface area contributed by atoms with Gasteiger partial charge in [0.1, 0.15) is 11.6 Å². The number of likely N-dealkylation sites (N-methyl/N-ethyl adjacent to an activating group) is 1. The molecule has 2 fully saturated rings. The Morgan fingerprint density at radius 3 is 2.21 bits per heavy atom. The third kappa shape index (κ3) is 3.46. The second kappa shape index (κ2) is 8.87. The summed E-state index contributed by atoms with van der Waals surface area (Å²) in [6.07, 6.45) is -1.73. The van der Waals surface area contributed by atoms with Gasteiger partial charge in [-0.1, -0.05) is 25.1 Å². The number of hydrogen-bond donors (Lipinski definition) is 4. The molecule has 0 spiro atoms. The van der Waals surface area contributed by atoms with Gasteiger partial charge >= 0.3 is 0 Å². The lowest BCUT2D eigenvalue weighted by Crippen LogP contribution is -2.77. The van der Waals surface area contributed by atoms with Crippen LogP contribution in [0.2, 0.25) is 0 Å². The van der Waals surface area contributed by atoms with Crippen molar-refractivity contribution in [2.24, 2.45) is 29.4 Å². The van der Waals surface area contributed by atoms with Gasteiger partial charge in [-0.3, -0.25) is 28.9 Å². The molecular formula is C28H27FN2O8. The van der Waals surface area contributed by atoms with Crippen LogP contribution in [-0.4, -0.2) is 81.1 Å². The van der Waals surface area contributed by atoms with E-state index in [0.717, 1.165) is 0 Å². The fourth-order valence-corrected chi connectivity index (χ4v) is 6.95. The lowest BCUT2D eigenvalue weighted by molar-refractivity contribution is -0.196. The zero-order valence-corrected chi connectivity index (χ0v) is 21.3. The minimum absolute atomic E-state index is 0.219. The Kier molecular flexibility index (Phi) is 6.09. The number of halogens is 1. The van der Waals surface area contributed by atoms with Crippen LogP contribution in [0.1, 0.15) is 28.8 Å². The molecule has 2 aromatic rings. The molecule has 0 aromatic heterocycles. The van der Waals surface area contributed by atoms with Gasteiger partial charge in [0, 0.05) is 5.92 Å². The number of carbonyl (C=O) groups is 5. The van der Waals surface area contributed by atoms with E-state index in [1.54, 1.807) is 6.92 Å².